The van der Waals surface area contributed by atoms with Crippen LogP contribution >= 0.6 is 0 Å². The Bertz CT molecular complexity index is 597. The van der Waals surface area contributed by atoms with Crippen LogP contribution in [0.4, 0.5) is 0 Å². The number of hydrogen-bond donors (Lipinski definition) is 1. The van der Waals surface area contributed by atoms with Gasteiger partial charge in [-0.3, -0.25) is 4.79 Å². The molecule has 2 nitrogen and oxygen atoms in total. The summed E-state index contributed by atoms with van der Waals surface area (Å²) in [7, 11) is 0. The highest BCUT2D eigenvalue weighted by atomic mass is 16.1. The van der Waals surface area contributed by atoms with Crippen LogP contribution < -0.4 is 5.32 Å². The highest BCUT2D eigenvalue weighted by Gasteiger charge is 2.26. The summed E-state index contributed by atoms with van der Waals surface area (Å²) in [5, 5.41) is 2.76. The summed E-state index contributed by atoms with van der Waals surface area (Å²) in [6, 6.07) is 0. The third-order valence-electron chi connectivity index (χ3n) is 4.48. The molecule has 0 unspecified atom stereocenters. The second-order valence-corrected chi connectivity index (χ2v) is 7.32. The van der Waals surface area contributed by atoms with Crippen LogP contribution in [-0.2, 0) is 4.79 Å². The molecule has 0 bridgehead atoms. The van der Waals surface area contributed by atoms with Gasteiger partial charge in [0.15, 0.2) is 0 Å². The predicted octanol–water partition coefficient (Wildman–Crippen LogP) is 5.65. The van der Waals surface area contributed by atoms with E-state index in [9.17, 15) is 4.79 Å². The minimum Gasteiger partial charge on any atom is -0.353 e. The van der Waals surface area contributed by atoms with Gasteiger partial charge in [0, 0.05) is 12.6 Å². The Morgan fingerprint density at radius 1 is 1.21 bits per heavy atom. The standard InChI is InChI=1S/C22H33NO/c1-7-23-21(24)16-18(3)11-8-10-17(2)13-14-20-19(4)12-9-15-22(20,5)6/h8,10-11,13-14,16H,7,9,12,15H2,1-6H3,(H,23,24)/b11-8?,14-13?,17-10-,18-16?. The van der Waals surface area contributed by atoms with Crippen molar-refractivity contribution >= 4 is 5.91 Å². The molecule has 1 N–H and O–H groups in total. The van der Waals surface area contributed by atoms with Crippen LogP contribution in [0.5, 0.6) is 0 Å². The zero-order chi connectivity index (χ0) is 18.2. The van der Waals surface area contributed by atoms with E-state index in [-0.39, 0.29) is 11.3 Å². The van der Waals surface area contributed by atoms with Crippen LogP contribution in [0.2, 0.25) is 0 Å². The number of likely N-dealkylation sites (N-methyl/N-ethyl adjacent to an activating group) is 1. The number of amides is 1. The van der Waals surface area contributed by atoms with Gasteiger partial charge in [-0.1, -0.05) is 55.4 Å². The average molecular weight is 328 g/mol. The highest BCUT2D eigenvalue weighted by molar-refractivity contribution is 5.88. The van der Waals surface area contributed by atoms with Gasteiger partial charge in [0.05, 0.1) is 0 Å². The third kappa shape index (κ3) is 6.74. The minimum absolute atomic E-state index is 0.0396. The molecule has 2 heteroatoms. The molecule has 1 aliphatic rings. The summed E-state index contributed by atoms with van der Waals surface area (Å²) >= 11 is 0. The van der Waals surface area contributed by atoms with Crippen molar-refractivity contribution in [3.05, 3.63) is 58.7 Å². The molecule has 1 amide bonds. The van der Waals surface area contributed by atoms with E-state index in [1.54, 1.807) is 6.08 Å². The minimum atomic E-state index is -0.0396. The summed E-state index contributed by atoms with van der Waals surface area (Å²) in [6.45, 7) is 13.5. The van der Waals surface area contributed by atoms with Gasteiger partial charge < -0.3 is 5.32 Å². The maximum Gasteiger partial charge on any atom is 0.244 e. The first kappa shape index (κ1) is 20.2. The second kappa shape index (κ2) is 9.46. The Hall–Kier alpha value is -1.83. The monoisotopic (exact) mass is 327 g/mol. The summed E-state index contributed by atoms with van der Waals surface area (Å²) in [6.07, 6.45) is 15.9. The van der Waals surface area contributed by atoms with Crippen molar-refractivity contribution in [3.63, 3.8) is 0 Å². The third-order valence-corrected chi connectivity index (χ3v) is 4.48. The van der Waals surface area contributed by atoms with E-state index in [0.29, 0.717) is 6.54 Å². The Labute approximate surface area is 148 Å². The first-order chi connectivity index (χ1) is 11.3. The lowest BCUT2D eigenvalue weighted by atomic mass is 9.72. The maximum absolute atomic E-state index is 11.5. The fourth-order valence-corrected chi connectivity index (χ4v) is 3.11. The van der Waals surface area contributed by atoms with Crippen molar-refractivity contribution < 1.29 is 4.79 Å². The number of allylic oxidation sites excluding steroid dienone is 9. The number of rotatable bonds is 6. The van der Waals surface area contributed by atoms with Gasteiger partial charge in [0.1, 0.15) is 0 Å². The van der Waals surface area contributed by atoms with Crippen molar-refractivity contribution in [2.75, 3.05) is 6.54 Å². The van der Waals surface area contributed by atoms with Crippen LogP contribution in [0, 0.1) is 5.41 Å². The van der Waals surface area contributed by atoms with Gasteiger partial charge in [-0.25, -0.2) is 0 Å². The molecule has 0 saturated carbocycles. The summed E-state index contributed by atoms with van der Waals surface area (Å²) in [4.78, 5) is 11.5. The lowest BCUT2D eigenvalue weighted by molar-refractivity contribution is -0.116. The zero-order valence-corrected chi connectivity index (χ0v) is 16.2. The molecule has 1 aliphatic carbocycles. The molecule has 0 saturated heterocycles. The highest BCUT2D eigenvalue weighted by Crippen LogP contribution is 2.40. The lowest BCUT2D eigenvalue weighted by Crippen LogP contribution is -2.20. The van der Waals surface area contributed by atoms with Gasteiger partial charge in [-0.2, -0.15) is 0 Å². The predicted molar refractivity (Wildman–Crippen MR) is 105 cm³/mol. The molecule has 1 rings (SSSR count). The van der Waals surface area contributed by atoms with Gasteiger partial charge >= 0.3 is 0 Å². The molecule has 0 aromatic heterocycles. The molecule has 0 atom stereocenters. The van der Waals surface area contributed by atoms with Gasteiger partial charge in [0.2, 0.25) is 5.91 Å². The molecule has 0 spiro atoms. The summed E-state index contributed by atoms with van der Waals surface area (Å²) in [5.74, 6) is -0.0396. The Kier molecular flexibility index (Phi) is 7.97. The maximum atomic E-state index is 11.5. The van der Waals surface area contributed by atoms with E-state index < -0.39 is 0 Å². The van der Waals surface area contributed by atoms with Crippen LogP contribution in [0.15, 0.2) is 58.7 Å². The molecule has 24 heavy (non-hydrogen) atoms. The quantitative estimate of drug-likeness (QED) is 0.495. The van der Waals surface area contributed by atoms with Gasteiger partial charge in [-0.05, 0) is 63.5 Å². The van der Waals surface area contributed by atoms with E-state index in [1.165, 1.54) is 36.0 Å². The molecule has 132 valence electrons. The zero-order valence-electron chi connectivity index (χ0n) is 16.2. The van der Waals surface area contributed by atoms with Crippen molar-refractivity contribution in [2.24, 2.45) is 5.41 Å². The van der Waals surface area contributed by atoms with Crippen molar-refractivity contribution in [3.8, 4) is 0 Å². The normalized spacial score (nSPS) is 19.4. The van der Waals surface area contributed by atoms with Gasteiger partial charge in [0.25, 0.3) is 0 Å². The van der Waals surface area contributed by atoms with E-state index in [2.05, 4.69) is 51.2 Å². The van der Waals surface area contributed by atoms with E-state index >= 15 is 0 Å². The smallest absolute Gasteiger partial charge is 0.244 e. The van der Waals surface area contributed by atoms with Crippen LogP contribution in [0.25, 0.3) is 0 Å². The SMILES string of the molecule is CCNC(=O)C=C(C)C=C/C=C(/C)C=CC1=C(C)CCCC1(C)C. The first-order valence-corrected chi connectivity index (χ1v) is 8.95. The molecule has 0 aromatic carbocycles. The molecule has 0 radical (unpaired) electrons. The fourth-order valence-electron chi connectivity index (χ4n) is 3.11. The first-order valence-electron chi connectivity index (χ1n) is 8.95. The molecule has 0 heterocycles. The molecular weight excluding hydrogens is 294 g/mol. The Morgan fingerprint density at radius 2 is 1.92 bits per heavy atom. The molecule has 0 aromatic rings. The summed E-state index contributed by atoms with van der Waals surface area (Å²) < 4.78 is 0. The number of carbonyl (C=O) groups is 1. The van der Waals surface area contributed by atoms with E-state index in [0.717, 1.165) is 5.57 Å². The number of hydrogen-bond acceptors (Lipinski definition) is 1. The molecule has 0 aliphatic heterocycles. The molecule has 0 fully saturated rings. The number of nitrogens with one attached hydrogen (secondary N) is 1. The topological polar surface area (TPSA) is 29.1 Å². The largest absolute Gasteiger partial charge is 0.353 e. The fraction of sp³-hybridized carbons (Fsp3) is 0.500. The van der Waals surface area contributed by atoms with Crippen LogP contribution in [0.1, 0.15) is 60.8 Å². The van der Waals surface area contributed by atoms with Gasteiger partial charge in [-0.15, -0.1) is 0 Å². The molecular formula is C22H33NO. The van der Waals surface area contributed by atoms with E-state index in [1.807, 2.05) is 26.0 Å². The van der Waals surface area contributed by atoms with Crippen LogP contribution in [0.3, 0.4) is 0 Å². The average Bonchev–Trinajstić information content (AvgIpc) is 2.46. The van der Waals surface area contributed by atoms with Crippen molar-refractivity contribution in [1.82, 2.24) is 5.32 Å². The van der Waals surface area contributed by atoms with E-state index in [4.69, 9.17) is 0 Å². The number of carbonyl (C=O) groups excluding carboxylic acids is 1. The van der Waals surface area contributed by atoms with Crippen LogP contribution in [-0.4, -0.2) is 12.5 Å². The Morgan fingerprint density at radius 3 is 2.54 bits per heavy atom. The van der Waals surface area contributed by atoms with Crippen molar-refractivity contribution in [2.45, 2.75) is 60.8 Å². The Balaban J connectivity index is 2.73. The summed E-state index contributed by atoms with van der Waals surface area (Å²) in [5.41, 5.74) is 5.44. The lowest BCUT2D eigenvalue weighted by Gasteiger charge is -2.32. The second-order valence-electron chi connectivity index (χ2n) is 7.32. The van der Waals surface area contributed by atoms with Crippen molar-refractivity contribution in [1.29, 1.82) is 0 Å².